The normalized spacial score (nSPS) is 23.5. The Hall–Kier alpha value is -1.77. The van der Waals surface area contributed by atoms with Gasteiger partial charge >= 0.3 is 10.2 Å². The Kier molecular flexibility index (Phi) is 4.47. The van der Waals surface area contributed by atoms with Crippen LogP contribution in [-0.4, -0.2) is 60.6 Å². The molecule has 0 aliphatic carbocycles. The van der Waals surface area contributed by atoms with Crippen molar-refractivity contribution in [2.24, 2.45) is 5.92 Å². The standard InChI is InChI=1S/C14H19FN4O3S/c15-23(21,22)10-11-8-13(20)19(9-11)12-2-6-18(7-3-12)14-16-4-1-5-17-14/h1,4-5,11-12H,2-3,6-10H2. The van der Waals surface area contributed by atoms with Crippen LogP contribution in [-0.2, 0) is 15.0 Å². The Morgan fingerprint density at radius 1 is 1.22 bits per heavy atom. The van der Waals surface area contributed by atoms with E-state index in [9.17, 15) is 17.1 Å². The fourth-order valence-corrected chi connectivity index (χ4v) is 4.17. The molecule has 3 heterocycles. The number of hydrogen-bond donors (Lipinski definition) is 0. The fourth-order valence-electron chi connectivity index (χ4n) is 3.39. The zero-order valence-electron chi connectivity index (χ0n) is 12.6. The van der Waals surface area contributed by atoms with Crippen LogP contribution >= 0.6 is 0 Å². The number of nitrogens with zero attached hydrogens (tertiary/aromatic N) is 4. The minimum absolute atomic E-state index is 0.0759. The molecule has 3 rings (SSSR count). The highest BCUT2D eigenvalue weighted by Crippen LogP contribution is 2.27. The summed E-state index contributed by atoms with van der Waals surface area (Å²) in [6, 6.07) is 1.84. The molecule has 0 aromatic carbocycles. The van der Waals surface area contributed by atoms with E-state index in [4.69, 9.17) is 0 Å². The van der Waals surface area contributed by atoms with Gasteiger partial charge in [0.25, 0.3) is 0 Å². The third-order valence-electron chi connectivity index (χ3n) is 4.41. The number of halogens is 1. The first kappa shape index (κ1) is 16.1. The van der Waals surface area contributed by atoms with Gasteiger partial charge in [0, 0.05) is 50.4 Å². The first-order chi connectivity index (χ1) is 10.9. The van der Waals surface area contributed by atoms with Gasteiger partial charge < -0.3 is 9.80 Å². The summed E-state index contributed by atoms with van der Waals surface area (Å²) in [6.07, 6.45) is 5.06. The summed E-state index contributed by atoms with van der Waals surface area (Å²) in [4.78, 5) is 24.3. The summed E-state index contributed by atoms with van der Waals surface area (Å²) in [5.74, 6) is -0.396. The lowest BCUT2D eigenvalue weighted by molar-refractivity contribution is -0.130. The van der Waals surface area contributed by atoms with E-state index in [1.807, 2.05) is 0 Å². The lowest BCUT2D eigenvalue weighted by Gasteiger charge is -2.36. The largest absolute Gasteiger partial charge is 0.341 e. The second-order valence-corrected chi connectivity index (χ2v) is 7.50. The second-order valence-electron chi connectivity index (χ2n) is 6.09. The molecule has 126 valence electrons. The lowest BCUT2D eigenvalue weighted by Crippen LogP contribution is -2.46. The quantitative estimate of drug-likeness (QED) is 0.745. The first-order valence-electron chi connectivity index (χ1n) is 7.66. The van der Waals surface area contributed by atoms with Crippen LogP contribution in [0.4, 0.5) is 9.83 Å². The molecule has 1 aromatic rings. The highest BCUT2D eigenvalue weighted by atomic mass is 32.3. The SMILES string of the molecule is O=C1CC(CS(=O)(=O)F)CN1C1CCN(c2ncccn2)CC1. The van der Waals surface area contributed by atoms with E-state index < -0.39 is 21.9 Å². The highest BCUT2D eigenvalue weighted by molar-refractivity contribution is 7.86. The number of carbonyl (C=O) groups excluding carboxylic acids is 1. The second kappa shape index (κ2) is 6.38. The van der Waals surface area contributed by atoms with Crippen LogP contribution in [0, 0.1) is 5.92 Å². The highest BCUT2D eigenvalue weighted by Gasteiger charge is 2.37. The molecule has 0 spiro atoms. The van der Waals surface area contributed by atoms with Gasteiger partial charge in [-0.15, -0.1) is 3.89 Å². The van der Waals surface area contributed by atoms with Crippen molar-refractivity contribution in [2.45, 2.75) is 25.3 Å². The van der Waals surface area contributed by atoms with Gasteiger partial charge in [0.15, 0.2) is 0 Å². The van der Waals surface area contributed by atoms with Gasteiger partial charge in [-0.05, 0) is 18.9 Å². The van der Waals surface area contributed by atoms with Gasteiger partial charge in [0.05, 0.1) is 5.75 Å². The molecule has 2 saturated heterocycles. The van der Waals surface area contributed by atoms with Crippen molar-refractivity contribution in [2.75, 3.05) is 30.3 Å². The van der Waals surface area contributed by atoms with E-state index in [0.29, 0.717) is 12.5 Å². The minimum Gasteiger partial charge on any atom is -0.341 e. The van der Waals surface area contributed by atoms with Crippen LogP contribution in [0.2, 0.25) is 0 Å². The smallest absolute Gasteiger partial charge is 0.302 e. The minimum atomic E-state index is -4.53. The number of rotatable bonds is 4. The number of piperidine rings is 1. The average Bonchev–Trinajstić information content (AvgIpc) is 2.87. The molecule has 1 atom stereocenters. The maximum atomic E-state index is 12.8. The summed E-state index contributed by atoms with van der Waals surface area (Å²) >= 11 is 0. The summed E-state index contributed by atoms with van der Waals surface area (Å²) in [6.45, 7) is 1.81. The number of likely N-dealkylation sites (tertiary alicyclic amines) is 1. The van der Waals surface area contributed by atoms with Crippen molar-refractivity contribution in [3.05, 3.63) is 18.5 Å². The molecule has 0 bridgehead atoms. The van der Waals surface area contributed by atoms with Crippen LogP contribution < -0.4 is 4.90 Å². The van der Waals surface area contributed by atoms with Crippen LogP contribution in [0.5, 0.6) is 0 Å². The van der Waals surface area contributed by atoms with Crippen LogP contribution in [0.25, 0.3) is 0 Å². The van der Waals surface area contributed by atoms with Crippen molar-refractivity contribution < 1.29 is 17.1 Å². The molecule has 0 N–H and O–H groups in total. The molecule has 0 saturated carbocycles. The van der Waals surface area contributed by atoms with Crippen LogP contribution in [0.15, 0.2) is 18.5 Å². The van der Waals surface area contributed by atoms with Crippen molar-refractivity contribution >= 4 is 22.1 Å². The number of anilines is 1. The molecule has 1 aromatic heterocycles. The zero-order chi connectivity index (χ0) is 16.4. The van der Waals surface area contributed by atoms with Gasteiger partial charge in [0.2, 0.25) is 11.9 Å². The molecule has 1 amide bonds. The first-order valence-corrected chi connectivity index (χ1v) is 9.21. The molecular weight excluding hydrogens is 323 g/mol. The van der Waals surface area contributed by atoms with Gasteiger partial charge in [-0.3, -0.25) is 4.79 Å². The molecule has 23 heavy (non-hydrogen) atoms. The van der Waals surface area contributed by atoms with E-state index >= 15 is 0 Å². The topological polar surface area (TPSA) is 83.5 Å². The summed E-state index contributed by atoms with van der Waals surface area (Å²) in [5, 5.41) is 0. The summed E-state index contributed by atoms with van der Waals surface area (Å²) < 4.78 is 34.3. The molecule has 2 aliphatic rings. The number of aromatic nitrogens is 2. The van der Waals surface area contributed by atoms with Crippen LogP contribution in [0.3, 0.4) is 0 Å². The van der Waals surface area contributed by atoms with Gasteiger partial charge in [0.1, 0.15) is 0 Å². The Morgan fingerprint density at radius 3 is 2.48 bits per heavy atom. The third-order valence-corrected chi connectivity index (χ3v) is 5.28. The molecule has 7 nitrogen and oxygen atoms in total. The zero-order valence-corrected chi connectivity index (χ0v) is 13.5. The van der Waals surface area contributed by atoms with Crippen molar-refractivity contribution in [3.63, 3.8) is 0 Å². The monoisotopic (exact) mass is 342 g/mol. The van der Waals surface area contributed by atoms with Gasteiger partial charge in [-0.1, -0.05) is 0 Å². The van der Waals surface area contributed by atoms with Crippen LogP contribution in [0.1, 0.15) is 19.3 Å². The van der Waals surface area contributed by atoms with Gasteiger partial charge in [-0.25, -0.2) is 9.97 Å². The van der Waals surface area contributed by atoms with E-state index in [1.165, 1.54) is 0 Å². The summed E-state index contributed by atoms with van der Waals surface area (Å²) in [7, 11) is -4.53. The predicted molar refractivity (Wildman–Crippen MR) is 82.0 cm³/mol. The third kappa shape index (κ3) is 3.95. The van der Waals surface area contributed by atoms with E-state index in [0.717, 1.165) is 25.9 Å². The van der Waals surface area contributed by atoms with E-state index in [2.05, 4.69) is 14.9 Å². The van der Waals surface area contributed by atoms with Gasteiger partial charge in [-0.2, -0.15) is 8.42 Å². The number of amides is 1. The number of carbonyl (C=O) groups is 1. The molecular formula is C14H19FN4O3S. The molecule has 2 fully saturated rings. The molecule has 1 unspecified atom stereocenters. The van der Waals surface area contributed by atoms with Crippen molar-refractivity contribution in [1.82, 2.24) is 14.9 Å². The molecule has 9 heteroatoms. The van der Waals surface area contributed by atoms with Crippen molar-refractivity contribution in [3.8, 4) is 0 Å². The maximum Gasteiger partial charge on any atom is 0.302 e. The Balaban J connectivity index is 1.57. The Bertz CT molecular complexity index is 662. The lowest BCUT2D eigenvalue weighted by atomic mass is 10.0. The van der Waals surface area contributed by atoms with E-state index in [-0.39, 0.29) is 18.4 Å². The molecule has 0 radical (unpaired) electrons. The van der Waals surface area contributed by atoms with Crippen molar-refractivity contribution in [1.29, 1.82) is 0 Å². The predicted octanol–water partition coefficient (Wildman–Crippen LogP) is 0.593. The Morgan fingerprint density at radius 2 is 1.87 bits per heavy atom. The van der Waals surface area contributed by atoms with E-state index in [1.54, 1.807) is 23.4 Å². The fraction of sp³-hybridized carbons (Fsp3) is 0.643. The molecule has 2 aliphatic heterocycles. The average molecular weight is 342 g/mol. The maximum absolute atomic E-state index is 12.8. The Labute approximate surface area is 134 Å². The summed E-state index contributed by atoms with van der Waals surface area (Å²) in [5.41, 5.74) is 0. The number of hydrogen-bond acceptors (Lipinski definition) is 6.